The molecule has 0 amide bonds. The van der Waals surface area contributed by atoms with Gasteiger partial charge in [0, 0.05) is 24.5 Å². The van der Waals surface area contributed by atoms with Gasteiger partial charge in [-0.2, -0.15) is 0 Å². The van der Waals surface area contributed by atoms with Gasteiger partial charge in [0.2, 0.25) is 5.75 Å². The lowest BCUT2D eigenvalue weighted by Gasteiger charge is -2.35. The molecular weight excluding hydrogens is 531 g/mol. The summed E-state index contributed by atoms with van der Waals surface area (Å²) in [4.78, 5) is 11.7. The molecule has 1 aliphatic rings. The standard InChI is InChI=1S/C32H37FO8/c1-17(40-19(3)34)13-21-15-25(35-4)26(36-5)16-23(21)27-24-14-18(2)41-29(20-9-11-22(33)12-10-20)28(24)31(38-7)32(39-8)30(27)37-6/h9-12,15-18,29H,13-14H2,1-8H3/t17-,18-,29-/m1/s1. The molecule has 0 radical (unpaired) electrons. The van der Waals surface area contributed by atoms with E-state index in [1.807, 2.05) is 26.0 Å². The second-order valence-corrected chi connectivity index (χ2v) is 9.94. The lowest BCUT2D eigenvalue weighted by molar-refractivity contribution is -0.145. The summed E-state index contributed by atoms with van der Waals surface area (Å²) in [5.41, 5.74) is 4.88. The highest BCUT2D eigenvalue weighted by molar-refractivity contribution is 5.85. The van der Waals surface area contributed by atoms with Crippen molar-refractivity contribution < 1.29 is 42.3 Å². The average molecular weight is 569 g/mol. The van der Waals surface area contributed by atoms with Crippen molar-refractivity contribution in [2.24, 2.45) is 0 Å². The molecule has 0 unspecified atom stereocenters. The maximum atomic E-state index is 13.9. The molecule has 0 saturated carbocycles. The average Bonchev–Trinajstić information content (AvgIpc) is 2.95. The Morgan fingerprint density at radius 1 is 0.927 bits per heavy atom. The number of carbonyl (C=O) groups excluding carboxylic acids is 1. The van der Waals surface area contributed by atoms with Crippen LogP contribution in [0.4, 0.5) is 4.39 Å². The smallest absolute Gasteiger partial charge is 0.302 e. The number of hydrogen-bond acceptors (Lipinski definition) is 8. The minimum absolute atomic E-state index is 0.192. The number of hydrogen-bond donors (Lipinski definition) is 0. The number of carbonyl (C=O) groups is 1. The van der Waals surface area contributed by atoms with Gasteiger partial charge < -0.3 is 33.2 Å². The summed E-state index contributed by atoms with van der Waals surface area (Å²) >= 11 is 0. The van der Waals surface area contributed by atoms with E-state index in [4.69, 9.17) is 33.2 Å². The van der Waals surface area contributed by atoms with Crippen molar-refractivity contribution in [3.8, 4) is 39.9 Å². The van der Waals surface area contributed by atoms with E-state index in [1.54, 1.807) is 47.7 Å². The summed E-state index contributed by atoms with van der Waals surface area (Å²) in [7, 11) is 7.84. The van der Waals surface area contributed by atoms with Gasteiger partial charge in [-0.05, 0) is 66.8 Å². The zero-order valence-electron chi connectivity index (χ0n) is 24.8. The van der Waals surface area contributed by atoms with Crippen LogP contribution in [0.1, 0.15) is 49.1 Å². The fourth-order valence-corrected chi connectivity index (χ4v) is 5.58. The van der Waals surface area contributed by atoms with Crippen LogP contribution in [-0.4, -0.2) is 53.7 Å². The molecule has 41 heavy (non-hydrogen) atoms. The Balaban J connectivity index is 2.10. The van der Waals surface area contributed by atoms with E-state index >= 15 is 0 Å². The van der Waals surface area contributed by atoms with Crippen molar-refractivity contribution in [1.82, 2.24) is 0 Å². The van der Waals surface area contributed by atoms with Crippen molar-refractivity contribution in [2.45, 2.75) is 51.9 Å². The summed E-state index contributed by atoms with van der Waals surface area (Å²) in [6, 6.07) is 10.0. The first-order valence-corrected chi connectivity index (χ1v) is 13.3. The Hall–Kier alpha value is -3.98. The van der Waals surface area contributed by atoms with Gasteiger partial charge in [0.05, 0.1) is 41.7 Å². The molecule has 3 atom stereocenters. The molecule has 4 rings (SSSR count). The molecule has 1 aliphatic heterocycles. The number of methoxy groups -OCH3 is 5. The van der Waals surface area contributed by atoms with Crippen LogP contribution in [0.15, 0.2) is 36.4 Å². The van der Waals surface area contributed by atoms with Crippen LogP contribution in [0.3, 0.4) is 0 Å². The highest BCUT2D eigenvalue weighted by atomic mass is 19.1. The number of halogens is 1. The van der Waals surface area contributed by atoms with E-state index in [-0.39, 0.29) is 17.9 Å². The second kappa shape index (κ2) is 12.7. The van der Waals surface area contributed by atoms with Gasteiger partial charge in [-0.15, -0.1) is 0 Å². The van der Waals surface area contributed by atoms with Gasteiger partial charge in [0.15, 0.2) is 23.0 Å². The lowest BCUT2D eigenvalue weighted by atomic mass is 9.82. The van der Waals surface area contributed by atoms with E-state index < -0.39 is 12.2 Å². The van der Waals surface area contributed by atoms with Crippen LogP contribution in [-0.2, 0) is 27.1 Å². The minimum Gasteiger partial charge on any atom is -0.493 e. The molecule has 0 fully saturated rings. The molecule has 3 aromatic carbocycles. The van der Waals surface area contributed by atoms with E-state index in [1.165, 1.54) is 19.1 Å². The predicted octanol–water partition coefficient (Wildman–Crippen LogP) is 6.08. The van der Waals surface area contributed by atoms with E-state index in [0.717, 1.165) is 33.4 Å². The monoisotopic (exact) mass is 568 g/mol. The first kappa shape index (κ1) is 30.0. The van der Waals surface area contributed by atoms with E-state index in [2.05, 4.69) is 0 Å². The van der Waals surface area contributed by atoms with Crippen LogP contribution in [0.25, 0.3) is 11.1 Å². The van der Waals surface area contributed by atoms with Crippen LogP contribution in [0.5, 0.6) is 28.7 Å². The molecule has 0 aromatic heterocycles. The first-order valence-electron chi connectivity index (χ1n) is 13.3. The van der Waals surface area contributed by atoms with Crippen molar-refractivity contribution in [3.63, 3.8) is 0 Å². The molecule has 0 spiro atoms. The highest BCUT2D eigenvalue weighted by Crippen LogP contribution is 2.56. The summed E-state index contributed by atoms with van der Waals surface area (Å²) in [6.45, 7) is 5.21. The van der Waals surface area contributed by atoms with Gasteiger partial charge in [-0.1, -0.05) is 12.1 Å². The van der Waals surface area contributed by atoms with Crippen molar-refractivity contribution >= 4 is 5.97 Å². The lowest BCUT2D eigenvalue weighted by Crippen LogP contribution is -2.26. The molecule has 0 aliphatic carbocycles. The molecule has 220 valence electrons. The Morgan fingerprint density at radius 3 is 2.10 bits per heavy atom. The first-order chi connectivity index (χ1) is 19.7. The zero-order valence-corrected chi connectivity index (χ0v) is 24.8. The largest absolute Gasteiger partial charge is 0.493 e. The fourth-order valence-electron chi connectivity index (χ4n) is 5.58. The third-order valence-electron chi connectivity index (χ3n) is 7.17. The van der Waals surface area contributed by atoms with E-state index in [0.29, 0.717) is 41.6 Å². The molecule has 0 N–H and O–H groups in total. The van der Waals surface area contributed by atoms with Crippen LogP contribution >= 0.6 is 0 Å². The molecule has 8 nitrogen and oxygen atoms in total. The normalized spacial score (nSPS) is 16.8. The van der Waals surface area contributed by atoms with Crippen LogP contribution < -0.4 is 23.7 Å². The Labute approximate surface area is 240 Å². The van der Waals surface area contributed by atoms with Crippen LogP contribution in [0.2, 0.25) is 0 Å². The van der Waals surface area contributed by atoms with Gasteiger partial charge in [-0.25, -0.2) is 4.39 Å². The van der Waals surface area contributed by atoms with Crippen molar-refractivity contribution in [1.29, 1.82) is 0 Å². The SMILES string of the molecule is COc1cc(C[C@@H](C)OC(C)=O)c(-c2c3c(c(OC)c(OC)c2OC)[C@@H](c2ccc(F)cc2)O[C@H](C)C3)cc1OC. The van der Waals surface area contributed by atoms with Gasteiger partial charge >= 0.3 is 5.97 Å². The summed E-state index contributed by atoms with van der Waals surface area (Å²) in [5, 5.41) is 0. The maximum Gasteiger partial charge on any atom is 0.302 e. The second-order valence-electron chi connectivity index (χ2n) is 9.94. The van der Waals surface area contributed by atoms with Crippen LogP contribution in [0, 0.1) is 5.82 Å². The third kappa shape index (κ3) is 5.91. The fraction of sp³-hybridized carbons (Fsp3) is 0.406. The zero-order chi connectivity index (χ0) is 29.8. The maximum absolute atomic E-state index is 13.9. The molecule has 1 heterocycles. The van der Waals surface area contributed by atoms with Gasteiger partial charge in [0.25, 0.3) is 0 Å². The summed E-state index contributed by atoms with van der Waals surface area (Å²) < 4.78 is 55.0. The molecule has 9 heteroatoms. The molecular formula is C32H37FO8. The number of rotatable bonds is 10. The number of fused-ring (bicyclic) bond motifs is 1. The van der Waals surface area contributed by atoms with E-state index in [9.17, 15) is 9.18 Å². The third-order valence-corrected chi connectivity index (χ3v) is 7.17. The predicted molar refractivity (Wildman–Crippen MR) is 152 cm³/mol. The molecule has 0 saturated heterocycles. The van der Waals surface area contributed by atoms with Gasteiger partial charge in [0.1, 0.15) is 18.0 Å². The number of ether oxygens (including phenoxy) is 7. The number of benzene rings is 3. The summed E-state index contributed by atoms with van der Waals surface area (Å²) in [6.07, 6.45) is -0.240. The molecule has 3 aromatic rings. The highest BCUT2D eigenvalue weighted by Gasteiger charge is 2.38. The summed E-state index contributed by atoms with van der Waals surface area (Å²) in [5.74, 6) is 1.69. The topological polar surface area (TPSA) is 81.7 Å². The van der Waals surface area contributed by atoms with Gasteiger partial charge in [-0.3, -0.25) is 4.79 Å². The van der Waals surface area contributed by atoms with Crippen molar-refractivity contribution in [2.75, 3.05) is 35.5 Å². The minimum atomic E-state index is -0.564. The Bertz CT molecular complexity index is 1400. The van der Waals surface area contributed by atoms with Crippen molar-refractivity contribution in [3.05, 3.63) is 64.5 Å². The molecule has 0 bridgehead atoms. The quantitative estimate of drug-likeness (QED) is 0.272. The Morgan fingerprint density at radius 2 is 1.54 bits per heavy atom. The Kier molecular flexibility index (Phi) is 9.28. The number of esters is 1.